The van der Waals surface area contributed by atoms with Crippen LogP contribution >= 0.6 is 11.3 Å². The zero-order chi connectivity index (χ0) is 22.5. The largest absolute Gasteiger partial charge is 0.461 e. The molecule has 1 aromatic carbocycles. The molecule has 32 heavy (non-hydrogen) atoms. The minimum Gasteiger partial charge on any atom is -0.461 e. The van der Waals surface area contributed by atoms with Crippen LogP contribution in [0.5, 0.6) is 0 Å². The van der Waals surface area contributed by atoms with Crippen molar-refractivity contribution in [2.24, 2.45) is 17.6 Å². The van der Waals surface area contributed by atoms with Gasteiger partial charge in [-0.2, -0.15) is 0 Å². The smallest absolute Gasteiger partial charge is 0.309 e. The lowest BCUT2D eigenvalue weighted by Crippen LogP contribution is -2.27. The van der Waals surface area contributed by atoms with Crippen LogP contribution in [-0.2, 0) is 20.9 Å². The number of amides is 1. The number of pyridine rings is 1. The molecule has 1 saturated carbocycles. The first-order valence-electron chi connectivity index (χ1n) is 11.1. The van der Waals surface area contributed by atoms with E-state index in [0.29, 0.717) is 5.92 Å². The Labute approximate surface area is 192 Å². The SMILES string of the molecule is CC1CCC(C(=O)OCc2ccc([C@@H](CN)C(=O)Nc3cc4ccncc4s3)cc2)CC1. The van der Waals surface area contributed by atoms with E-state index in [1.54, 1.807) is 12.4 Å². The second-order valence-corrected chi connectivity index (χ2v) is 9.69. The van der Waals surface area contributed by atoms with Gasteiger partial charge in [0.25, 0.3) is 0 Å². The van der Waals surface area contributed by atoms with Gasteiger partial charge in [-0.1, -0.05) is 31.2 Å². The van der Waals surface area contributed by atoms with Crippen molar-refractivity contribution in [3.05, 3.63) is 59.9 Å². The number of benzene rings is 1. The van der Waals surface area contributed by atoms with E-state index in [1.807, 2.05) is 36.4 Å². The predicted octanol–water partition coefficient (Wildman–Crippen LogP) is 4.85. The Morgan fingerprint density at radius 1 is 1.19 bits per heavy atom. The van der Waals surface area contributed by atoms with Crippen LogP contribution in [0.25, 0.3) is 10.1 Å². The van der Waals surface area contributed by atoms with Crippen LogP contribution in [0.2, 0.25) is 0 Å². The Bertz CT molecular complexity index is 1040. The van der Waals surface area contributed by atoms with Crippen molar-refractivity contribution >= 4 is 38.3 Å². The van der Waals surface area contributed by atoms with Gasteiger partial charge in [0, 0.05) is 18.9 Å². The monoisotopic (exact) mass is 451 g/mol. The summed E-state index contributed by atoms with van der Waals surface area (Å²) in [6.45, 7) is 2.69. The molecule has 7 heteroatoms. The highest BCUT2D eigenvalue weighted by Gasteiger charge is 2.25. The number of esters is 1. The standard InChI is InChI=1S/C25H29N3O3S/c1-16-2-6-19(7-3-16)25(30)31-15-17-4-8-18(9-5-17)21(13-26)24(29)28-23-12-20-10-11-27-14-22(20)32-23/h4-5,8-12,14,16,19,21H,2-3,6-7,13,15,26H2,1H3,(H,28,29)/t16?,19?,21-/m1/s1. The van der Waals surface area contributed by atoms with Crippen LogP contribution < -0.4 is 11.1 Å². The van der Waals surface area contributed by atoms with Crippen molar-refractivity contribution in [1.29, 1.82) is 0 Å². The van der Waals surface area contributed by atoms with Crippen molar-refractivity contribution in [3.8, 4) is 0 Å². The number of anilines is 1. The topological polar surface area (TPSA) is 94.3 Å². The number of rotatable bonds is 7. The van der Waals surface area contributed by atoms with E-state index in [4.69, 9.17) is 10.5 Å². The molecule has 2 heterocycles. The average molecular weight is 452 g/mol. The minimum atomic E-state index is -0.459. The molecule has 0 radical (unpaired) electrons. The summed E-state index contributed by atoms with van der Waals surface area (Å²) < 4.78 is 6.56. The fourth-order valence-electron chi connectivity index (χ4n) is 4.16. The minimum absolute atomic E-state index is 0.0282. The zero-order valence-electron chi connectivity index (χ0n) is 18.3. The van der Waals surface area contributed by atoms with Gasteiger partial charge in [0.1, 0.15) is 6.61 Å². The predicted molar refractivity (Wildman–Crippen MR) is 127 cm³/mol. The van der Waals surface area contributed by atoms with Gasteiger partial charge in [0.15, 0.2) is 0 Å². The van der Waals surface area contributed by atoms with Gasteiger partial charge in [-0.3, -0.25) is 14.6 Å². The third-order valence-electron chi connectivity index (χ3n) is 6.23. The molecule has 3 aromatic rings. The van der Waals surface area contributed by atoms with Gasteiger partial charge in [0.2, 0.25) is 5.91 Å². The number of fused-ring (bicyclic) bond motifs is 1. The van der Waals surface area contributed by atoms with E-state index in [0.717, 1.165) is 51.9 Å². The molecule has 3 N–H and O–H groups in total. The van der Waals surface area contributed by atoms with Crippen molar-refractivity contribution in [2.75, 3.05) is 11.9 Å². The first kappa shape index (κ1) is 22.4. The number of hydrogen-bond donors (Lipinski definition) is 2. The number of aromatic nitrogens is 1. The maximum atomic E-state index is 12.8. The van der Waals surface area contributed by atoms with Gasteiger partial charge in [-0.05, 0) is 60.2 Å². The Morgan fingerprint density at radius 2 is 1.94 bits per heavy atom. The molecule has 0 bridgehead atoms. The summed E-state index contributed by atoms with van der Waals surface area (Å²) >= 11 is 1.49. The molecule has 0 spiro atoms. The van der Waals surface area contributed by atoms with E-state index in [9.17, 15) is 9.59 Å². The lowest BCUT2D eigenvalue weighted by molar-refractivity contribution is -0.151. The van der Waals surface area contributed by atoms with E-state index in [-0.39, 0.29) is 30.9 Å². The first-order valence-corrected chi connectivity index (χ1v) is 11.9. The zero-order valence-corrected chi connectivity index (χ0v) is 19.1. The molecule has 0 aliphatic heterocycles. The fraction of sp³-hybridized carbons (Fsp3) is 0.400. The van der Waals surface area contributed by atoms with Crippen LogP contribution in [-0.4, -0.2) is 23.4 Å². The molecule has 0 unspecified atom stereocenters. The van der Waals surface area contributed by atoms with Gasteiger partial charge in [-0.15, -0.1) is 11.3 Å². The Kier molecular flexibility index (Phi) is 7.17. The van der Waals surface area contributed by atoms with Crippen LogP contribution in [0.1, 0.15) is 49.7 Å². The number of ether oxygens (including phenoxy) is 1. The van der Waals surface area contributed by atoms with Gasteiger partial charge >= 0.3 is 5.97 Å². The molecule has 168 valence electrons. The van der Waals surface area contributed by atoms with Gasteiger partial charge in [-0.25, -0.2) is 0 Å². The molecule has 1 aliphatic carbocycles. The molecule has 1 atom stereocenters. The lowest BCUT2D eigenvalue weighted by atomic mass is 9.83. The van der Waals surface area contributed by atoms with Crippen LogP contribution in [0.3, 0.4) is 0 Å². The van der Waals surface area contributed by atoms with Crippen molar-refractivity contribution < 1.29 is 14.3 Å². The molecular formula is C25H29N3O3S. The molecule has 1 fully saturated rings. The average Bonchev–Trinajstić information content (AvgIpc) is 3.21. The van der Waals surface area contributed by atoms with Crippen molar-refractivity contribution in [1.82, 2.24) is 4.98 Å². The number of carbonyl (C=O) groups excluding carboxylic acids is 2. The molecule has 4 rings (SSSR count). The van der Waals surface area contributed by atoms with E-state index in [1.165, 1.54) is 11.3 Å². The fourth-order valence-corrected chi connectivity index (χ4v) is 5.10. The highest BCUT2D eigenvalue weighted by molar-refractivity contribution is 7.22. The summed E-state index contributed by atoms with van der Waals surface area (Å²) in [4.78, 5) is 29.3. The highest BCUT2D eigenvalue weighted by atomic mass is 32.1. The van der Waals surface area contributed by atoms with Gasteiger partial charge in [0.05, 0.1) is 21.5 Å². The number of hydrogen-bond acceptors (Lipinski definition) is 6. The molecule has 2 aromatic heterocycles. The summed E-state index contributed by atoms with van der Waals surface area (Å²) in [5.74, 6) is 0.0336. The summed E-state index contributed by atoms with van der Waals surface area (Å²) in [5, 5.41) is 4.80. The summed E-state index contributed by atoms with van der Waals surface area (Å²) in [6, 6.07) is 11.4. The normalized spacial score (nSPS) is 19.4. The van der Waals surface area contributed by atoms with Crippen molar-refractivity contribution in [2.45, 2.75) is 45.1 Å². The third kappa shape index (κ3) is 5.34. The van der Waals surface area contributed by atoms with E-state index in [2.05, 4.69) is 17.2 Å². The van der Waals surface area contributed by atoms with Crippen LogP contribution in [0, 0.1) is 11.8 Å². The van der Waals surface area contributed by atoms with E-state index < -0.39 is 5.92 Å². The number of carbonyl (C=O) groups is 2. The molecule has 1 aliphatic rings. The Hall–Kier alpha value is -2.77. The molecule has 0 saturated heterocycles. The maximum absolute atomic E-state index is 12.8. The maximum Gasteiger partial charge on any atom is 0.309 e. The number of nitrogens with two attached hydrogens (primary N) is 1. The highest BCUT2D eigenvalue weighted by Crippen LogP contribution is 2.31. The summed E-state index contributed by atoms with van der Waals surface area (Å²) in [7, 11) is 0. The second kappa shape index (κ2) is 10.2. The first-order chi connectivity index (χ1) is 15.5. The van der Waals surface area contributed by atoms with Crippen molar-refractivity contribution in [3.63, 3.8) is 0 Å². The number of nitrogens with one attached hydrogen (secondary N) is 1. The van der Waals surface area contributed by atoms with Crippen LogP contribution in [0.4, 0.5) is 5.00 Å². The third-order valence-corrected chi connectivity index (χ3v) is 7.23. The summed E-state index contributed by atoms with van der Waals surface area (Å²) in [6.07, 6.45) is 7.55. The molecular weight excluding hydrogens is 422 g/mol. The quantitative estimate of drug-likeness (QED) is 0.501. The van der Waals surface area contributed by atoms with E-state index >= 15 is 0 Å². The molecule has 1 amide bonds. The lowest BCUT2D eigenvalue weighted by Gasteiger charge is -2.24. The summed E-state index contributed by atoms with van der Waals surface area (Å²) in [5.41, 5.74) is 7.67. The second-order valence-electron chi connectivity index (χ2n) is 8.61. The molecule has 6 nitrogen and oxygen atoms in total. The Balaban J connectivity index is 1.34. The Morgan fingerprint density at radius 3 is 2.62 bits per heavy atom. The van der Waals surface area contributed by atoms with Gasteiger partial charge < -0.3 is 15.8 Å². The van der Waals surface area contributed by atoms with Crippen LogP contribution in [0.15, 0.2) is 48.8 Å². The number of nitrogens with zero attached hydrogens (tertiary/aromatic N) is 1. The number of thiophene rings is 1.